The summed E-state index contributed by atoms with van der Waals surface area (Å²) in [6.07, 6.45) is 4.23. The predicted molar refractivity (Wildman–Crippen MR) is 56.3 cm³/mol. The molecule has 0 aromatic rings. The van der Waals surface area contributed by atoms with E-state index in [0.717, 1.165) is 0 Å². The van der Waals surface area contributed by atoms with Gasteiger partial charge in [-0.3, -0.25) is 0 Å². The molecule has 0 saturated carbocycles. The van der Waals surface area contributed by atoms with Gasteiger partial charge in [0.05, 0.1) is 0 Å². The van der Waals surface area contributed by atoms with Crippen molar-refractivity contribution in [3.05, 3.63) is 36.0 Å². The van der Waals surface area contributed by atoms with Gasteiger partial charge < -0.3 is 9.84 Å². The van der Waals surface area contributed by atoms with Crippen molar-refractivity contribution in [3.63, 3.8) is 0 Å². The molecule has 1 N–H and O–H groups in total. The van der Waals surface area contributed by atoms with Crippen LogP contribution in [-0.4, -0.2) is 23.7 Å². The van der Waals surface area contributed by atoms with Crippen LogP contribution in [0.3, 0.4) is 0 Å². The topological polar surface area (TPSA) is 63.6 Å². The molecule has 0 spiro atoms. The van der Waals surface area contributed by atoms with Crippen LogP contribution in [-0.2, 0) is 14.3 Å². The van der Waals surface area contributed by atoms with E-state index in [-0.39, 0.29) is 12.2 Å². The Morgan fingerprint density at radius 1 is 1.27 bits per heavy atom. The zero-order valence-electron chi connectivity index (χ0n) is 8.82. The highest BCUT2D eigenvalue weighted by molar-refractivity contribution is 5.89. The molecule has 4 heteroatoms. The van der Waals surface area contributed by atoms with Gasteiger partial charge >= 0.3 is 11.9 Å². The van der Waals surface area contributed by atoms with Crippen LogP contribution >= 0.6 is 0 Å². The predicted octanol–water partition coefficient (Wildman–Crippen LogP) is 1.69. The van der Waals surface area contributed by atoms with Gasteiger partial charge in [0.2, 0.25) is 0 Å². The standard InChI is InChI=1S/C11H14O4/c1-4-7-15-11(14)9(3)6-5-8(2)10(12)13/h4-6H,1,7H2,2-3H3,(H,12,13). The molecule has 0 bridgehead atoms. The molecule has 0 fully saturated rings. The molecule has 0 aliphatic carbocycles. The minimum Gasteiger partial charge on any atom is -0.478 e. The normalized spacial score (nSPS) is 12.1. The van der Waals surface area contributed by atoms with Crippen LogP contribution in [0.15, 0.2) is 36.0 Å². The molecule has 0 aliphatic heterocycles. The second kappa shape index (κ2) is 6.59. The monoisotopic (exact) mass is 210 g/mol. The summed E-state index contributed by atoms with van der Waals surface area (Å²) in [7, 11) is 0. The van der Waals surface area contributed by atoms with Gasteiger partial charge in [0.15, 0.2) is 0 Å². The molecule has 0 rings (SSSR count). The van der Waals surface area contributed by atoms with Crippen molar-refractivity contribution in [1.29, 1.82) is 0 Å². The molecule has 4 nitrogen and oxygen atoms in total. The number of carboxylic acids is 1. The Hall–Kier alpha value is -1.84. The Morgan fingerprint density at radius 3 is 2.27 bits per heavy atom. The average Bonchev–Trinajstić information content (AvgIpc) is 2.21. The number of carboxylic acid groups (broad SMARTS) is 1. The number of allylic oxidation sites excluding steroid dienone is 2. The molecule has 0 saturated heterocycles. The van der Waals surface area contributed by atoms with Crippen LogP contribution in [0.5, 0.6) is 0 Å². The lowest BCUT2D eigenvalue weighted by Crippen LogP contribution is -2.05. The molecule has 0 aromatic heterocycles. The first-order valence-electron chi connectivity index (χ1n) is 4.35. The minimum atomic E-state index is -1.02. The molecular weight excluding hydrogens is 196 g/mol. The molecule has 0 unspecified atom stereocenters. The maximum absolute atomic E-state index is 11.2. The van der Waals surface area contributed by atoms with Crippen molar-refractivity contribution in [1.82, 2.24) is 0 Å². The van der Waals surface area contributed by atoms with E-state index in [2.05, 4.69) is 6.58 Å². The zero-order chi connectivity index (χ0) is 11.8. The zero-order valence-corrected chi connectivity index (χ0v) is 8.82. The van der Waals surface area contributed by atoms with Crippen LogP contribution in [0.1, 0.15) is 13.8 Å². The second-order valence-electron chi connectivity index (χ2n) is 2.89. The van der Waals surface area contributed by atoms with Crippen LogP contribution in [0, 0.1) is 0 Å². The van der Waals surface area contributed by atoms with E-state index in [1.54, 1.807) is 6.92 Å². The Morgan fingerprint density at radius 2 is 1.80 bits per heavy atom. The van der Waals surface area contributed by atoms with Crippen LogP contribution in [0.25, 0.3) is 0 Å². The molecule has 0 aromatic carbocycles. The molecule has 0 aliphatic rings. The highest BCUT2D eigenvalue weighted by Gasteiger charge is 2.03. The van der Waals surface area contributed by atoms with Crippen molar-refractivity contribution in [2.75, 3.05) is 6.61 Å². The number of aliphatic carboxylic acids is 1. The van der Waals surface area contributed by atoms with Gasteiger partial charge in [-0.2, -0.15) is 0 Å². The highest BCUT2D eigenvalue weighted by atomic mass is 16.5. The smallest absolute Gasteiger partial charge is 0.334 e. The molecule has 82 valence electrons. The van der Waals surface area contributed by atoms with Crippen molar-refractivity contribution in [2.24, 2.45) is 0 Å². The van der Waals surface area contributed by atoms with Crippen LogP contribution in [0.2, 0.25) is 0 Å². The highest BCUT2D eigenvalue weighted by Crippen LogP contribution is 2.00. The van der Waals surface area contributed by atoms with E-state index in [1.165, 1.54) is 25.2 Å². The van der Waals surface area contributed by atoms with E-state index >= 15 is 0 Å². The first-order valence-corrected chi connectivity index (χ1v) is 4.35. The fraction of sp³-hybridized carbons (Fsp3) is 0.273. The van der Waals surface area contributed by atoms with Crippen molar-refractivity contribution in [2.45, 2.75) is 13.8 Å². The number of esters is 1. The first kappa shape index (κ1) is 13.2. The molecule has 15 heavy (non-hydrogen) atoms. The summed E-state index contributed by atoms with van der Waals surface area (Å²) < 4.78 is 4.74. The second-order valence-corrected chi connectivity index (χ2v) is 2.89. The van der Waals surface area contributed by atoms with Crippen LogP contribution in [0.4, 0.5) is 0 Å². The Labute approximate surface area is 88.6 Å². The van der Waals surface area contributed by atoms with E-state index in [9.17, 15) is 9.59 Å². The van der Waals surface area contributed by atoms with Gasteiger partial charge in [-0.25, -0.2) is 9.59 Å². The molecule has 0 heterocycles. The summed E-state index contributed by atoms with van der Waals surface area (Å²) >= 11 is 0. The summed E-state index contributed by atoms with van der Waals surface area (Å²) in [4.78, 5) is 21.6. The molecule has 0 atom stereocenters. The number of carbonyl (C=O) groups excluding carboxylic acids is 1. The largest absolute Gasteiger partial charge is 0.478 e. The third-order valence-electron chi connectivity index (χ3n) is 1.57. The fourth-order valence-corrected chi connectivity index (χ4v) is 0.638. The quantitative estimate of drug-likeness (QED) is 0.324. The van der Waals surface area contributed by atoms with Crippen LogP contribution < -0.4 is 0 Å². The van der Waals surface area contributed by atoms with E-state index in [0.29, 0.717) is 5.57 Å². The first-order chi connectivity index (χ1) is 6.99. The molecular formula is C11H14O4. The van der Waals surface area contributed by atoms with E-state index < -0.39 is 11.9 Å². The molecule has 0 radical (unpaired) electrons. The number of rotatable bonds is 5. The average molecular weight is 210 g/mol. The summed E-state index contributed by atoms with van der Waals surface area (Å²) in [6.45, 7) is 6.55. The van der Waals surface area contributed by atoms with Crippen molar-refractivity contribution in [3.8, 4) is 0 Å². The van der Waals surface area contributed by atoms with E-state index in [1.807, 2.05) is 0 Å². The molecule has 0 amide bonds. The van der Waals surface area contributed by atoms with Gasteiger partial charge in [-0.1, -0.05) is 24.8 Å². The lowest BCUT2D eigenvalue weighted by atomic mass is 10.2. The van der Waals surface area contributed by atoms with Gasteiger partial charge in [0.1, 0.15) is 6.61 Å². The number of hydrogen-bond acceptors (Lipinski definition) is 3. The Bertz CT molecular complexity index is 323. The fourth-order valence-electron chi connectivity index (χ4n) is 0.638. The summed E-state index contributed by atoms with van der Waals surface area (Å²) in [5, 5.41) is 8.55. The number of ether oxygens (including phenoxy) is 1. The lowest BCUT2D eigenvalue weighted by molar-refractivity contribution is -0.137. The maximum atomic E-state index is 11.2. The van der Waals surface area contributed by atoms with Gasteiger partial charge in [0.25, 0.3) is 0 Å². The number of hydrogen-bond donors (Lipinski definition) is 1. The summed E-state index contributed by atoms with van der Waals surface area (Å²) in [6, 6.07) is 0. The Balaban J connectivity index is 4.43. The van der Waals surface area contributed by atoms with Crippen molar-refractivity contribution >= 4 is 11.9 Å². The maximum Gasteiger partial charge on any atom is 0.334 e. The van der Waals surface area contributed by atoms with Gasteiger partial charge in [-0.15, -0.1) is 0 Å². The minimum absolute atomic E-state index is 0.144. The summed E-state index contributed by atoms with van der Waals surface area (Å²) in [5.41, 5.74) is 0.503. The lowest BCUT2D eigenvalue weighted by Gasteiger charge is -2.00. The van der Waals surface area contributed by atoms with Gasteiger partial charge in [0, 0.05) is 11.1 Å². The van der Waals surface area contributed by atoms with E-state index in [4.69, 9.17) is 9.84 Å². The third kappa shape index (κ3) is 5.46. The van der Waals surface area contributed by atoms with Gasteiger partial charge in [-0.05, 0) is 13.8 Å². The van der Waals surface area contributed by atoms with Crippen molar-refractivity contribution < 1.29 is 19.4 Å². The number of carbonyl (C=O) groups is 2. The Kier molecular flexibility index (Phi) is 5.78. The summed E-state index contributed by atoms with van der Waals surface area (Å²) in [5.74, 6) is -1.50. The SMILES string of the molecule is C=CCOC(=O)C(C)=CC=C(C)C(=O)O. The third-order valence-corrected chi connectivity index (χ3v) is 1.57.